The number of terminal acetylenes is 1. The molecular weight excluding hydrogens is 214 g/mol. The van der Waals surface area contributed by atoms with Gasteiger partial charge in [-0.1, -0.05) is 18.2 Å². The lowest BCUT2D eigenvalue weighted by atomic mass is 10.1. The van der Waals surface area contributed by atoms with E-state index in [1.165, 1.54) is 0 Å². The van der Waals surface area contributed by atoms with Crippen molar-refractivity contribution in [2.75, 3.05) is 19.7 Å². The number of likely N-dealkylation sites (tertiary alicyclic amines) is 1. The maximum atomic E-state index is 11.6. The van der Waals surface area contributed by atoms with Crippen molar-refractivity contribution >= 4 is 5.91 Å². The second-order valence-electron chi connectivity index (χ2n) is 4.07. The van der Waals surface area contributed by atoms with Crippen molar-refractivity contribution in [1.29, 1.82) is 0 Å². The van der Waals surface area contributed by atoms with Gasteiger partial charge in [0.2, 0.25) is 5.91 Å². The largest absolute Gasteiger partial charge is 0.492 e. The van der Waals surface area contributed by atoms with Crippen molar-refractivity contribution < 1.29 is 9.53 Å². The number of para-hydroxylation sites is 1. The number of rotatable bonds is 4. The van der Waals surface area contributed by atoms with Crippen LogP contribution in [0.15, 0.2) is 30.3 Å². The fourth-order valence-electron chi connectivity index (χ4n) is 1.89. The van der Waals surface area contributed by atoms with E-state index in [9.17, 15) is 4.79 Å². The van der Waals surface area contributed by atoms with Crippen molar-refractivity contribution in [1.82, 2.24) is 4.90 Å². The first-order chi connectivity index (χ1) is 8.29. The van der Waals surface area contributed by atoms with E-state index in [4.69, 9.17) is 11.2 Å². The third kappa shape index (κ3) is 3.01. The van der Waals surface area contributed by atoms with Crippen molar-refractivity contribution in [3.05, 3.63) is 30.3 Å². The quantitative estimate of drug-likeness (QED) is 0.733. The maximum absolute atomic E-state index is 11.6. The zero-order valence-corrected chi connectivity index (χ0v) is 9.63. The van der Waals surface area contributed by atoms with Gasteiger partial charge in [0.05, 0.1) is 6.54 Å². The minimum atomic E-state index is 0.0687. The van der Waals surface area contributed by atoms with E-state index in [2.05, 4.69) is 5.92 Å². The first kappa shape index (κ1) is 11.5. The zero-order valence-electron chi connectivity index (χ0n) is 9.63. The Kier molecular flexibility index (Phi) is 3.66. The highest BCUT2D eigenvalue weighted by molar-refractivity contribution is 5.79. The lowest BCUT2D eigenvalue weighted by Gasteiger charge is -2.16. The molecule has 88 valence electrons. The molecule has 3 nitrogen and oxygen atoms in total. The molecule has 1 unspecified atom stereocenters. The van der Waals surface area contributed by atoms with Crippen LogP contribution in [0, 0.1) is 18.3 Å². The van der Waals surface area contributed by atoms with E-state index in [0.29, 0.717) is 26.1 Å². The molecule has 1 aliphatic heterocycles. The summed E-state index contributed by atoms with van der Waals surface area (Å²) in [5.74, 6) is 3.65. The van der Waals surface area contributed by atoms with Crippen LogP contribution in [0.4, 0.5) is 0 Å². The van der Waals surface area contributed by atoms with Gasteiger partial charge in [0.15, 0.2) is 0 Å². The number of nitrogens with zero attached hydrogens (tertiary/aromatic N) is 1. The predicted octanol–water partition coefficient (Wildman–Crippen LogP) is 1.55. The lowest BCUT2D eigenvalue weighted by molar-refractivity contribution is -0.128. The van der Waals surface area contributed by atoms with Crippen LogP contribution < -0.4 is 4.74 Å². The maximum Gasteiger partial charge on any atom is 0.224 e. The number of amides is 1. The Bertz CT molecular complexity index is 422. The molecule has 0 N–H and O–H groups in total. The summed E-state index contributed by atoms with van der Waals surface area (Å²) in [6.07, 6.45) is 5.79. The molecule has 1 amide bonds. The lowest BCUT2D eigenvalue weighted by Crippen LogP contribution is -2.29. The van der Waals surface area contributed by atoms with Crippen molar-refractivity contribution in [2.24, 2.45) is 5.92 Å². The van der Waals surface area contributed by atoms with Gasteiger partial charge in [0.1, 0.15) is 12.4 Å². The molecule has 1 fully saturated rings. The summed E-state index contributed by atoms with van der Waals surface area (Å²) in [4.78, 5) is 13.3. The Labute approximate surface area is 101 Å². The average molecular weight is 229 g/mol. The van der Waals surface area contributed by atoms with Crippen LogP contribution >= 0.6 is 0 Å². The molecule has 2 rings (SSSR count). The molecule has 17 heavy (non-hydrogen) atoms. The van der Waals surface area contributed by atoms with Gasteiger partial charge in [-0.05, 0) is 12.1 Å². The molecule has 0 saturated carbocycles. The normalized spacial score (nSPS) is 19.1. The van der Waals surface area contributed by atoms with Gasteiger partial charge in [0.25, 0.3) is 0 Å². The van der Waals surface area contributed by atoms with Gasteiger partial charge in [-0.3, -0.25) is 4.79 Å². The molecule has 1 aliphatic rings. The molecule has 0 bridgehead atoms. The molecule has 0 radical (unpaired) electrons. The van der Waals surface area contributed by atoms with Gasteiger partial charge in [0, 0.05) is 18.9 Å². The van der Waals surface area contributed by atoms with Crippen LogP contribution in [-0.4, -0.2) is 30.5 Å². The molecule has 1 atom stereocenters. The number of hydrogen-bond donors (Lipinski definition) is 0. The summed E-state index contributed by atoms with van der Waals surface area (Å²) in [7, 11) is 0. The zero-order chi connectivity index (χ0) is 12.1. The fourth-order valence-corrected chi connectivity index (χ4v) is 1.89. The summed E-state index contributed by atoms with van der Waals surface area (Å²) in [5, 5.41) is 0. The van der Waals surface area contributed by atoms with Crippen LogP contribution in [-0.2, 0) is 4.79 Å². The molecule has 0 spiro atoms. The number of benzene rings is 1. The number of carbonyl (C=O) groups excluding carboxylic acids is 1. The van der Waals surface area contributed by atoms with E-state index < -0.39 is 0 Å². The van der Waals surface area contributed by atoms with Gasteiger partial charge in [-0.2, -0.15) is 0 Å². The van der Waals surface area contributed by atoms with E-state index in [1.54, 1.807) is 4.90 Å². The van der Waals surface area contributed by atoms with Crippen LogP contribution in [0.25, 0.3) is 0 Å². The first-order valence-corrected chi connectivity index (χ1v) is 5.71. The smallest absolute Gasteiger partial charge is 0.224 e. The van der Waals surface area contributed by atoms with Crippen LogP contribution in [0.1, 0.15) is 6.42 Å². The molecule has 0 aliphatic carbocycles. The average Bonchev–Trinajstić information content (AvgIpc) is 2.72. The molecule has 1 aromatic rings. The Balaban J connectivity index is 1.76. The molecule has 1 heterocycles. The standard InChI is InChI=1S/C14H15NO2/c1-2-12-10-14(16)15(11-12)8-9-17-13-6-4-3-5-7-13/h1,3-7,12H,8-11H2. The molecule has 0 aromatic heterocycles. The summed E-state index contributed by atoms with van der Waals surface area (Å²) < 4.78 is 5.54. The Morgan fingerprint density at radius 1 is 1.41 bits per heavy atom. The third-order valence-corrected chi connectivity index (χ3v) is 2.82. The topological polar surface area (TPSA) is 29.5 Å². The molecule has 1 saturated heterocycles. The van der Waals surface area contributed by atoms with Crippen LogP contribution in [0.3, 0.4) is 0 Å². The Morgan fingerprint density at radius 3 is 2.82 bits per heavy atom. The highest BCUT2D eigenvalue weighted by atomic mass is 16.5. The van der Waals surface area contributed by atoms with E-state index in [0.717, 1.165) is 5.75 Å². The monoisotopic (exact) mass is 229 g/mol. The molecule has 3 heteroatoms. The number of hydrogen-bond acceptors (Lipinski definition) is 2. The van der Waals surface area contributed by atoms with Gasteiger partial charge in [-0.25, -0.2) is 0 Å². The van der Waals surface area contributed by atoms with Gasteiger partial charge < -0.3 is 9.64 Å². The van der Waals surface area contributed by atoms with Crippen molar-refractivity contribution in [3.8, 4) is 18.1 Å². The highest BCUT2D eigenvalue weighted by Gasteiger charge is 2.27. The summed E-state index contributed by atoms with van der Waals surface area (Å²) >= 11 is 0. The minimum Gasteiger partial charge on any atom is -0.492 e. The van der Waals surface area contributed by atoms with Crippen molar-refractivity contribution in [2.45, 2.75) is 6.42 Å². The summed E-state index contributed by atoms with van der Waals surface area (Å²) in [6.45, 7) is 1.77. The van der Waals surface area contributed by atoms with E-state index in [1.807, 2.05) is 30.3 Å². The molecular formula is C14H15NO2. The Hall–Kier alpha value is -1.95. The summed E-state index contributed by atoms with van der Waals surface area (Å²) in [6, 6.07) is 9.58. The molecule has 1 aromatic carbocycles. The number of ether oxygens (including phenoxy) is 1. The summed E-state index contributed by atoms with van der Waals surface area (Å²) in [5.41, 5.74) is 0. The number of carbonyl (C=O) groups is 1. The van der Waals surface area contributed by atoms with Gasteiger partial charge in [-0.15, -0.1) is 12.3 Å². The van der Waals surface area contributed by atoms with Crippen molar-refractivity contribution in [3.63, 3.8) is 0 Å². The second-order valence-corrected chi connectivity index (χ2v) is 4.07. The van der Waals surface area contributed by atoms with E-state index >= 15 is 0 Å². The van der Waals surface area contributed by atoms with Gasteiger partial charge >= 0.3 is 0 Å². The van der Waals surface area contributed by atoms with Crippen LogP contribution in [0.5, 0.6) is 5.75 Å². The SMILES string of the molecule is C#CC1CC(=O)N(CCOc2ccccc2)C1. The minimum absolute atomic E-state index is 0.0687. The Morgan fingerprint density at radius 2 is 2.18 bits per heavy atom. The first-order valence-electron chi connectivity index (χ1n) is 5.71. The third-order valence-electron chi connectivity index (χ3n) is 2.82. The van der Waals surface area contributed by atoms with E-state index in [-0.39, 0.29) is 11.8 Å². The fraction of sp³-hybridized carbons (Fsp3) is 0.357. The second kappa shape index (κ2) is 5.40. The predicted molar refractivity (Wildman–Crippen MR) is 65.5 cm³/mol. The van der Waals surface area contributed by atoms with Crippen LogP contribution in [0.2, 0.25) is 0 Å². The highest BCUT2D eigenvalue weighted by Crippen LogP contribution is 2.16.